The first kappa shape index (κ1) is 27.2. The SMILES string of the molecule is CCN(CCOOSc1ccc(N)c(S(=O)(=O)O)c1)CCS(=O)(=O)c1ccc(OC)c(N)c1. The first-order chi connectivity index (χ1) is 15.5. The Morgan fingerprint density at radius 1 is 1.03 bits per heavy atom. The van der Waals surface area contributed by atoms with Crippen molar-refractivity contribution in [2.75, 3.05) is 50.6 Å². The highest BCUT2D eigenvalue weighted by Gasteiger charge is 2.18. The van der Waals surface area contributed by atoms with Gasteiger partial charge in [-0.1, -0.05) is 6.92 Å². The van der Waals surface area contributed by atoms with Crippen LogP contribution < -0.4 is 16.2 Å². The normalized spacial score (nSPS) is 12.2. The Hall–Kier alpha value is -2.07. The van der Waals surface area contributed by atoms with Gasteiger partial charge in [0.1, 0.15) is 10.6 Å². The third-order valence-corrected chi connectivity index (χ3v) is 7.83. The van der Waals surface area contributed by atoms with Crippen molar-refractivity contribution in [3.8, 4) is 5.75 Å². The van der Waals surface area contributed by atoms with Gasteiger partial charge in [-0.15, -0.1) is 0 Å². The molecule has 0 aliphatic heterocycles. The van der Waals surface area contributed by atoms with E-state index in [9.17, 15) is 16.8 Å². The highest BCUT2D eigenvalue weighted by atomic mass is 32.2. The molecule has 0 atom stereocenters. The molecule has 5 N–H and O–H groups in total. The van der Waals surface area contributed by atoms with Crippen molar-refractivity contribution >= 4 is 43.4 Å². The smallest absolute Gasteiger partial charge is 0.296 e. The van der Waals surface area contributed by atoms with Crippen molar-refractivity contribution in [3.63, 3.8) is 0 Å². The number of hydrogen-bond acceptors (Lipinski definition) is 11. The Morgan fingerprint density at radius 2 is 1.76 bits per heavy atom. The summed E-state index contributed by atoms with van der Waals surface area (Å²) in [6, 6.07) is 8.34. The van der Waals surface area contributed by atoms with Gasteiger partial charge >= 0.3 is 0 Å². The molecule has 0 aliphatic carbocycles. The number of nitrogens with zero attached hydrogens (tertiary/aromatic N) is 1. The van der Waals surface area contributed by atoms with E-state index in [0.29, 0.717) is 23.7 Å². The first-order valence-electron chi connectivity index (χ1n) is 9.69. The van der Waals surface area contributed by atoms with Gasteiger partial charge in [0.15, 0.2) is 9.84 Å². The number of likely N-dealkylation sites (N-methyl/N-ethyl adjacent to an activating group) is 1. The molecule has 11 nitrogen and oxygen atoms in total. The maximum atomic E-state index is 12.6. The minimum absolute atomic E-state index is 0.0892. The predicted molar refractivity (Wildman–Crippen MR) is 125 cm³/mol. The topological polar surface area (TPSA) is 171 Å². The number of anilines is 2. The van der Waals surface area contributed by atoms with Crippen molar-refractivity contribution in [3.05, 3.63) is 36.4 Å². The maximum Gasteiger partial charge on any atom is 0.296 e. The summed E-state index contributed by atoms with van der Waals surface area (Å²) in [6.07, 6.45) is 0. The largest absolute Gasteiger partial charge is 0.495 e. The lowest BCUT2D eigenvalue weighted by atomic mass is 10.3. The van der Waals surface area contributed by atoms with Crippen molar-refractivity contribution in [1.82, 2.24) is 4.90 Å². The Bertz CT molecular complexity index is 1160. The highest BCUT2D eigenvalue weighted by Crippen LogP contribution is 2.27. The summed E-state index contributed by atoms with van der Waals surface area (Å²) < 4.78 is 67.0. The number of nitrogens with two attached hydrogens (primary N) is 2. The lowest BCUT2D eigenvalue weighted by molar-refractivity contribution is -0.193. The second-order valence-electron chi connectivity index (χ2n) is 6.80. The van der Waals surface area contributed by atoms with Crippen molar-refractivity contribution in [2.45, 2.75) is 21.6 Å². The first-order valence-corrected chi connectivity index (χ1v) is 13.5. The van der Waals surface area contributed by atoms with E-state index in [1.165, 1.54) is 37.4 Å². The number of benzene rings is 2. The molecule has 14 heteroatoms. The van der Waals surface area contributed by atoms with Crippen LogP contribution in [0.2, 0.25) is 0 Å². The van der Waals surface area contributed by atoms with Gasteiger partial charge in [-0.2, -0.15) is 12.8 Å². The van der Waals surface area contributed by atoms with E-state index in [-0.39, 0.29) is 35.2 Å². The van der Waals surface area contributed by atoms with Crippen LogP contribution in [0.1, 0.15) is 6.92 Å². The van der Waals surface area contributed by atoms with Gasteiger partial charge in [0.2, 0.25) is 0 Å². The molecule has 0 amide bonds. The zero-order valence-corrected chi connectivity index (χ0v) is 20.6. The second-order valence-corrected chi connectivity index (χ2v) is 11.1. The Morgan fingerprint density at radius 3 is 2.36 bits per heavy atom. The molecule has 0 heterocycles. The summed E-state index contributed by atoms with van der Waals surface area (Å²) in [5.41, 5.74) is 11.5. The highest BCUT2D eigenvalue weighted by molar-refractivity contribution is 7.94. The third kappa shape index (κ3) is 8.03. The fraction of sp³-hybridized carbons (Fsp3) is 0.368. The van der Waals surface area contributed by atoms with E-state index < -0.39 is 24.9 Å². The molecule has 2 aromatic carbocycles. The van der Waals surface area contributed by atoms with Crippen molar-refractivity contribution in [2.24, 2.45) is 0 Å². The van der Waals surface area contributed by atoms with E-state index in [0.717, 1.165) is 18.1 Å². The fourth-order valence-electron chi connectivity index (χ4n) is 2.75. The average molecular weight is 522 g/mol. The van der Waals surface area contributed by atoms with Gasteiger partial charge < -0.3 is 21.1 Å². The molecule has 0 unspecified atom stereocenters. The van der Waals surface area contributed by atoms with Gasteiger partial charge in [0.25, 0.3) is 10.1 Å². The summed E-state index contributed by atoms with van der Waals surface area (Å²) in [5.74, 6) is 0.304. The lowest BCUT2D eigenvalue weighted by Gasteiger charge is -2.19. The lowest BCUT2D eigenvalue weighted by Crippen LogP contribution is -2.32. The summed E-state index contributed by atoms with van der Waals surface area (Å²) in [7, 11) is -6.54. The standard InChI is InChI=1S/C19H27N3O8S3/c1-3-22(9-11-32(23,24)15-5-7-18(28-2)17(21)13-15)8-10-29-30-31-14-4-6-16(20)19(12-14)33(25,26)27/h4-7,12-13H,3,8-11,20-21H2,1-2H3,(H,25,26,27). The van der Waals surface area contributed by atoms with Crippen LogP contribution in [0.25, 0.3) is 0 Å². The predicted octanol–water partition coefficient (Wildman–Crippen LogP) is 1.86. The molecule has 0 radical (unpaired) electrons. The van der Waals surface area contributed by atoms with Crippen LogP contribution in [0.3, 0.4) is 0 Å². The second kappa shape index (κ2) is 11.9. The van der Waals surface area contributed by atoms with Crippen LogP contribution >= 0.6 is 12.0 Å². The Labute approximate surface area is 197 Å². The molecular formula is C19H27N3O8S3. The van der Waals surface area contributed by atoms with E-state index in [4.69, 9.17) is 30.0 Å². The molecule has 0 fully saturated rings. The third-order valence-electron chi connectivity index (χ3n) is 4.62. The van der Waals surface area contributed by atoms with Crippen LogP contribution in [0.5, 0.6) is 5.75 Å². The molecule has 0 aromatic heterocycles. The molecule has 0 spiro atoms. The number of nitrogen functional groups attached to an aromatic ring is 2. The van der Waals surface area contributed by atoms with Crippen LogP contribution in [-0.4, -0.2) is 65.4 Å². The number of rotatable bonds is 13. The summed E-state index contributed by atoms with van der Waals surface area (Å²) >= 11 is 0.748. The maximum absolute atomic E-state index is 12.6. The molecule has 0 bridgehead atoms. The van der Waals surface area contributed by atoms with E-state index in [2.05, 4.69) is 0 Å². The number of hydrogen-bond donors (Lipinski definition) is 3. The van der Waals surface area contributed by atoms with Crippen LogP contribution in [0.4, 0.5) is 11.4 Å². The zero-order valence-electron chi connectivity index (χ0n) is 18.1. The van der Waals surface area contributed by atoms with Crippen molar-refractivity contribution in [1.29, 1.82) is 0 Å². The summed E-state index contributed by atoms with van der Waals surface area (Å²) in [6.45, 7) is 3.29. The number of methoxy groups -OCH3 is 1. The molecule has 0 saturated carbocycles. The Balaban J connectivity index is 1.81. The van der Waals surface area contributed by atoms with Gasteiger partial charge in [0.05, 0.1) is 47.8 Å². The molecule has 0 aliphatic rings. The molecule has 184 valence electrons. The van der Waals surface area contributed by atoms with Gasteiger partial charge in [-0.05, 0) is 42.9 Å². The van der Waals surface area contributed by atoms with Gasteiger partial charge in [-0.25, -0.2) is 13.3 Å². The average Bonchev–Trinajstić information content (AvgIpc) is 2.75. The Kier molecular flexibility index (Phi) is 9.78. The van der Waals surface area contributed by atoms with Crippen LogP contribution in [-0.2, 0) is 29.2 Å². The molecule has 0 saturated heterocycles. The van der Waals surface area contributed by atoms with E-state index in [1.807, 2.05) is 11.8 Å². The molecule has 2 rings (SSSR count). The van der Waals surface area contributed by atoms with E-state index >= 15 is 0 Å². The van der Waals surface area contributed by atoms with Gasteiger partial charge in [-0.3, -0.25) is 4.55 Å². The molecule has 33 heavy (non-hydrogen) atoms. The minimum atomic E-state index is -4.45. The van der Waals surface area contributed by atoms with E-state index in [1.54, 1.807) is 0 Å². The fourth-order valence-corrected chi connectivity index (χ4v) is 5.27. The zero-order chi connectivity index (χ0) is 24.6. The minimum Gasteiger partial charge on any atom is -0.495 e. The van der Waals surface area contributed by atoms with Gasteiger partial charge in [0, 0.05) is 18.0 Å². The summed E-state index contributed by atoms with van der Waals surface area (Å²) in [5, 5.41) is 0. The number of ether oxygens (including phenoxy) is 1. The molecular weight excluding hydrogens is 494 g/mol. The van der Waals surface area contributed by atoms with Crippen LogP contribution in [0.15, 0.2) is 51.1 Å². The number of sulfone groups is 1. The molecule has 2 aromatic rings. The summed E-state index contributed by atoms with van der Waals surface area (Å²) in [4.78, 5) is 7.01. The quantitative estimate of drug-likeness (QED) is 0.0873. The monoisotopic (exact) mass is 521 g/mol. The van der Waals surface area contributed by atoms with Crippen LogP contribution in [0, 0.1) is 0 Å². The van der Waals surface area contributed by atoms with Crippen molar-refractivity contribution < 1.29 is 35.3 Å².